The van der Waals surface area contributed by atoms with Crippen molar-refractivity contribution in [2.24, 2.45) is 0 Å². The lowest BCUT2D eigenvalue weighted by Crippen LogP contribution is -1.91. The molecule has 1 heteroatoms. The molecule has 0 atom stereocenters. The van der Waals surface area contributed by atoms with Crippen LogP contribution < -0.4 is 0 Å². The van der Waals surface area contributed by atoms with Crippen molar-refractivity contribution in [3.63, 3.8) is 0 Å². The van der Waals surface area contributed by atoms with Crippen molar-refractivity contribution in [3.8, 4) is 0 Å². The summed E-state index contributed by atoms with van der Waals surface area (Å²) in [7, 11) is 0. The lowest BCUT2D eigenvalue weighted by Gasteiger charge is -2.09. The fraction of sp³-hybridized carbons (Fsp3) is 0.750. The van der Waals surface area contributed by atoms with Crippen LogP contribution in [0.3, 0.4) is 0 Å². The number of allylic oxidation sites excluding steroid dienone is 2. The molecule has 0 saturated carbocycles. The Balaban J connectivity index is 4.12. The van der Waals surface area contributed by atoms with Crippen LogP contribution in [-0.2, 0) is 4.74 Å². The standard InChI is InChI=1S/C16H30O/c1-5-8-10-12-16(13-11-9-6-2)14-15(4)17-7-3/h14H,4-13H2,1-3H3. The van der Waals surface area contributed by atoms with Gasteiger partial charge in [-0.3, -0.25) is 0 Å². The average molecular weight is 238 g/mol. The van der Waals surface area contributed by atoms with Crippen LogP contribution in [0.4, 0.5) is 0 Å². The highest BCUT2D eigenvalue weighted by Crippen LogP contribution is 2.18. The Kier molecular flexibility index (Phi) is 11.3. The van der Waals surface area contributed by atoms with Gasteiger partial charge in [0.05, 0.1) is 6.61 Å². The molecular weight excluding hydrogens is 208 g/mol. The monoisotopic (exact) mass is 238 g/mol. The second-order valence-corrected chi connectivity index (χ2v) is 4.62. The first-order chi connectivity index (χ1) is 8.24. The summed E-state index contributed by atoms with van der Waals surface area (Å²) in [4.78, 5) is 0. The van der Waals surface area contributed by atoms with E-state index in [-0.39, 0.29) is 0 Å². The average Bonchev–Trinajstić information content (AvgIpc) is 2.29. The zero-order valence-corrected chi connectivity index (χ0v) is 12.1. The van der Waals surface area contributed by atoms with Crippen LogP contribution in [0, 0.1) is 0 Å². The van der Waals surface area contributed by atoms with Gasteiger partial charge in [0.25, 0.3) is 0 Å². The summed E-state index contributed by atoms with van der Waals surface area (Å²) < 4.78 is 5.41. The van der Waals surface area contributed by atoms with E-state index >= 15 is 0 Å². The van der Waals surface area contributed by atoms with Crippen LogP contribution in [0.25, 0.3) is 0 Å². The van der Waals surface area contributed by atoms with E-state index in [0.29, 0.717) is 6.61 Å². The highest BCUT2D eigenvalue weighted by atomic mass is 16.5. The third-order valence-electron chi connectivity index (χ3n) is 2.90. The summed E-state index contributed by atoms with van der Waals surface area (Å²) in [6.07, 6.45) is 12.4. The highest BCUT2D eigenvalue weighted by Gasteiger charge is 2.00. The molecule has 1 nitrogen and oxygen atoms in total. The maximum absolute atomic E-state index is 5.41. The van der Waals surface area contributed by atoms with E-state index in [0.717, 1.165) is 5.76 Å². The van der Waals surface area contributed by atoms with E-state index in [2.05, 4.69) is 26.5 Å². The molecule has 0 aromatic carbocycles. The van der Waals surface area contributed by atoms with E-state index in [4.69, 9.17) is 4.74 Å². The molecule has 0 aliphatic heterocycles. The van der Waals surface area contributed by atoms with Gasteiger partial charge >= 0.3 is 0 Å². The lowest BCUT2D eigenvalue weighted by molar-refractivity contribution is 0.243. The van der Waals surface area contributed by atoms with E-state index in [1.165, 1.54) is 56.9 Å². The SMILES string of the molecule is C=C(C=C(CCCCC)CCCCC)OCC. The van der Waals surface area contributed by atoms with Crippen molar-refractivity contribution >= 4 is 0 Å². The minimum absolute atomic E-state index is 0.715. The van der Waals surface area contributed by atoms with Crippen LogP contribution in [-0.4, -0.2) is 6.61 Å². The first-order valence-electron chi connectivity index (χ1n) is 7.25. The second kappa shape index (κ2) is 11.8. The fourth-order valence-corrected chi connectivity index (χ4v) is 1.93. The third kappa shape index (κ3) is 10.2. The van der Waals surface area contributed by atoms with Gasteiger partial charge in [-0.15, -0.1) is 0 Å². The first kappa shape index (κ1) is 16.3. The quantitative estimate of drug-likeness (QED) is 0.258. The van der Waals surface area contributed by atoms with Crippen LogP contribution >= 0.6 is 0 Å². The van der Waals surface area contributed by atoms with Gasteiger partial charge in [-0.05, 0) is 38.7 Å². The Morgan fingerprint density at radius 2 is 1.47 bits per heavy atom. The smallest absolute Gasteiger partial charge is 0.112 e. The zero-order valence-electron chi connectivity index (χ0n) is 12.1. The molecule has 0 aromatic rings. The third-order valence-corrected chi connectivity index (χ3v) is 2.90. The molecule has 100 valence electrons. The maximum atomic E-state index is 5.41. The van der Waals surface area contributed by atoms with Crippen LogP contribution in [0.5, 0.6) is 0 Å². The number of hydrogen-bond acceptors (Lipinski definition) is 1. The zero-order chi connectivity index (χ0) is 12.9. The van der Waals surface area contributed by atoms with Gasteiger partial charge in [0, 0.05) is 0 Å². The number of ether oxygens (including phenoxy) is 1. The van der Waals surface area contributed by atoms with Gasteiger partial charge in [0.15, 0.2) is 0 Å². The minimum Gasteiger partial charge on any atom is -0.495 e. The summed E-state index contributed by atoms with van der Waals surface area (Å²) in [6, 6.07) is 0. The van der Waals surface area contributed by atoms with Crippen molar-refractivity contribution in [1.82, 2.24) is 0 Å². The molecular formula is C16H30O. The van der Waals surface area contributed by atoms with Gasteiger partial charge in [-0.2, -0.15) is 0 Å². The van der Waals surface area contributed by atoms with E-state index < -0.39 is 0 Å². The Morgan fingerprint density at radius 1 is 0.941 bits per heavy atom. The molecule has 0 radical (unpaired) electrons. The molecule has 17 heavy (non-hydrogen) atoms. The van der Waals surface area contributed by atoms with Gasteiger partial charge in [-0.25, -0.2) is 0 Å². The number of rotatable bonds is 11. The van der Waals surface area contributed by atoms with E-state index in [9.17, 15) is 0 Å². The highest BCUT2D eigenvalue weighted by molar-refractivity contribution is 5.16. The Labute approximate surface area is 108 Å². The minimum atomic E-state index is 0.715. The predicted molar refractivity (Wildman–Crippen MR) is 77.1 cm³/mol. The van der Waals surface area contributed by atoms with Crippen molar-refractivity contribution in [1.29, 1.82) is 0 Å². The first-order valence-corrected chi connectivity index (χ1v) is 7.25. The van der Waals surface area contributed by atoms with E-state index in [1.807, 2.05) is 6.92 Å². The normalized spacial score (nSPS) is 10.1. The Morgan fingerprint density at radius 3 is 1.88 bits per heavy atom. The summed E-state index contributed by atoms with van der Waals surface area (Å²) in [6.45, 7) is 11.2. The summed E-state index contributed by atoms with van der Waals surface area (Å²) >= 11 is 0. The Hall–Kier alpha value is -0.720. The van der Waals surface area contributed by atoms with Gasteiger partial charge in [-0.1, -0.05) is 51.7 Å². The molecule has 0 saturated heterocycles. The molecule has 0 aromatic heterocycles. The van der Waals surface area contributed by atoms with Crippen LogP contribution in [0.2, 0.25) is 0 Å². The van der Waals surface area contributed by atoms with Crippen molar-refractivity contribution in [2.45, 2.75) is 72.1 Å². The Bertz CT molecular complexity index is 204. The largest absolute Gasteiger partial charge is 0.495 e. The van der Waals surface area contributed by atoms with Gasteiger partial charge < -0.3 is 4.74 Å². The summed E-state index contributed by atoms with van der Waals surface area (Å²) in [5.41, 5.74) is 1.52. The molecule has 0 spiro atoms. The molecule has 0 N–H and O–H groups in total. The molecule has 0 aliphatic carbocycles. The van der Waals surface area contributed by atoms with Crippen molar-refractivity contribution in [3.05, 3.63) is 24.0 Å². The summed E-state index contributed by atoms with van der Waals surface area (Å²) in [5, 5.41) is 0. The van der Waals surface area contributed by atoms with Gasteiger partial charge in [0.1, 0.15) is 5.76 Å². The number of unbranched alkanes of at least 4 members (excludes halogenated alkanes) is 4. The maximum Gasteiger partial charge on any atom is 0.112 e. The summed E-state index contributed by atoms with van der Waals surface area (Å²) in [5.74, 6) is 0.829. The molecule has 0 rings (SSSR count). The topological polar surface area (TPSA) is 9.23 Å². The van der Waals surface area contributed by atoms with Crippen LogP contribution in [0.15, 0.2) is 24.0 Å². The molecule has 0 aliphatic rings. The number of hydrogen-bond donors (Lipinski definition) is 0. The van der Waals surface area contributed by atoms with Crippen LogP contribution in [0.1, 0.15) is 72.1 Å². The molecule has 0 fully saturated rings. The molecule has 0 bridgehead atoms. The van der Waals surface area contributed by atoms with Crippen molar-refractivity contribution in [2.75, 3.05) is 6.61 Å². The molecule has 0 unspecified atom stereocenters. The van der Waals surface area contributed by atoms with Gasteiger partial charge in [0.2, 0.25) is 0 Å². The fourth-order valence-electron chi connectivity index (χ4n) is 1.93. The second-order valence-electron chi connectivity index (χ2n) is 4.62. The van der Waals surface area contributed by atoms with Crippen molar-refractivity contribution < 1.29 is 4.74 Å². The molecule has 0 heterocycles. The van der Waals surface area contributed by atoms with E-state index in [1.54, 1.807) is 0 Å². The lowest BCUT2D eigenvalue weighted by atomic mass is 10.0. The molecule has 0 amide bonds. The predicted octanol–water partition coefficient (Wildman–Crippen LogP) is 5.62.